The summed E-state index contributed by atoms with van der Waals surface area (Å²) in [5.41, 5.74) is 0.874. The number of ether oxygens (including phenoxy) is 4. The van der Waals surface area contributed by atoms with Gasteiger partial charge in [-0.3, -0.25) is 4.79 Å². The average molecular weight is 295 g/mol. The number of rotatable bonds is 7. The average Bonchev–Trinajstić information content (AvgIpc) is 3.00. The van der Waals surface area contributed by atoms with Gasteiger partial charge >= 0.3 is 0 Å². The van der Waals surface area contributed by atoms with Crippen molar-refractivity contribution in [2.24, 2.45) is 0 Å². The Bertz CT molecular complexity index is 471. The minimum atomic E-state index is -0.189. The van der Waals surface area contributed by atoms with E-state index in [1.807, 2.05) is 12.1 Å². The first kappa shape index (κ1) is 15.6. The van der Waals surface area contributed by atoms with Crippen LogP contribution >= 0.6 is 0 Å². The van der Waals surface area contributed by atoms with Gasteiger partial charge in [0.25, 0.3) is 0 Å². The second-order valence-corrected chi connectivity index (χ2v) is 4.68. The molecule has 1 N–H and O–H groups in total. The number of nitrogens with one attached hydrogen (secondary N) is 1. The van der Waals surface area contributed by atoms with E-state index in [4.69, 9.17) is 18.9 Å². The molecular formula is C15H21NO5. The summed E-state index contributed by atoms with van der Waals surface area (Å²) in [6.07, 6.45) is 0.774. The van der Waals surface area contributed by atoms with Gasteiger partial charge in [-0.05, 0) is 17.7 Å². The van der Waals surface area contributed by atoms with Crippen LogP contribution in [0.5, 0.6) is 11.5 Å². The van der Waals surface area contributed by atoms with Crippen molar-refractivity contribution in [2.45, 2.75) is 19.1 Å². The standard InChI is InChI=1S/C15H21NO5/c1-18-12-4-3-11(9-13(12)19-2)10-14(17)16-6-5-15-20-7-8-21-15/h3-4,9,15H,5-8,10H2,1-2H3,(H,16,17). The van der Waals surface area contributed by atoms with Gasteiger partial charge in [0.1, 0.15) is 0 Å². The molecule has 0 aromatic heterocycles. The van der Waals surface area contributed by atoms with Gasteiger partial charge in [0.2, 0.25) is 5.91 Å². The number of hydrogen-bond donors (Lipinski definition) is 1. The van der Waals surface area contributed by atoms with Crippen LogP contribution in [-0.4, -0.2) is 46.2 Å². The fourth-order valence-electron chi connectivity index (χ4n) is 2.14. The summed E-state index contributed by atoms with van der Waals surface area (Å²) in [5.74, 6) is 1.23. The van der Waals surface area contributed by atoms with E-state index in [1.165, 1.54) is 0 Å². The first-order valence-corrected chi connectivity index (χ1v) is 6.93. The maximum atomic E-state index is 11.9. The molecule has 0 atom stereocenters. The predicted octanol–water partition coefficient (Wildman–Crippen LogP) is 1.13. The lowest BCUT2D eigenvalue weighted by atomic mass is 10.1. The summed E-state index contributed by atoms with van der Waals surface area (Å²) in [7, 11) is 3.15. The second-order valence-electron chi connectivity index (χ2n) is 4.68. The van der Waals surface area contributed by atoms with Crippen molar-refractivity contribution in [1.82, 2.24) is 5.32 Å². The molecule has 0 bridgehead atoms. The highest BCUT2D eigenvalue weighted by molar-refractivity contribution is 5.78. The first-order chi connectivity index (χ1) is 10.2. The zero-order valence-corrected chi connectivity index (χ0v) is 12.4. The molecule has 6 nitrogen and oxygen atoms in total. The van der Waals surface area contributed by atoms with E-state index in [0.717, 1.165) is 5.56 Å². The zero-order chi connectivity index (χ0) is 15.1. The maximum Gasteiger partial charge on any atom is 0.224 e. The van der Waals surface area contributed by atoms with E-state index < -0.39 is 0 Å². The Morgan fingerprint density at radius 1 is 1.24 bits per heavy atom. The molecule has 1 heterocycles. The smallest absolute Gasteiger partial charge is 0.224 e. The molecule has 0 spiro atoms. The van der Waals surface area contributed by atoms with Gasteiger partial charge in [0.15, 0.2) is 17.8 Å². The van der Waals surface area contributed by atoms with Crippen LogP contribution in [0.2, 0.25) is 0 Å². The minimum Gasteiger partial charge on any atom is -0.493 e. The lowest BCUT2D eigenvalue weighted by Gasteiger charge is -2.11. The fraction of sp³-hybridized carbons (Fsp3) is 0.533. The summed E-state index contributed by atoms with van der Waals surface area (Å²) in [5, 5.41) is 2.85. The van der Waals surface area contributed by atoms with E-state index in [0.29, 0.717) is 44.1 Å². The predicted molar refractivity (Wildman–Crippen MR) is 76.6 cm³/mol. The lowest BCUT2D eigenvalue weighted by molar-refractivity contribution is -0.120. The van der Waals surface area contributed by atoms with E-state index in [9.17, 15) is 4.79 Å². The van der Waals surface area contributed by atoms with Crippen molar-refractivity contribution in [1.29, 1.82) is 0 Å². The number of carbonyl (C=O) groups is 1. The van der Waals surface area contributed by atoms with E-state index in [2.05, 4.69) is 5.32 Å². The highest BCUT2D eigenvalue weighted by atomic mass is 16.7. The lowest BCUT2D eigenvalue weighted by Crippen LogP contribution is -2.28. The van der Waals surface area contributed by atoms with E-state index in [1.54, 1.807) is 20.3 Å². The van der Waals surface area contributed by atoms with Crippen LogP contribution in [0.15, 0.2) is 18.2 Å². The van der Waals surface area contributed by atoms with Gasteiger partial charge in [-0.15, -0.1) is 0 Å². The molecule has 2 rings (SSSR count). The van der Waals surface area contributed by atoms with Gasteiger partial charge in [0.05, 0.1) is 33.9 Å². The third-order valence-electron chi connectivity index (χ3n) is 3.21. The molecule has 1 aromatic carbocycles. The van der Waals surface area contributed by atoms with Crippen LogP contribution in [0, 0.1) is 0 Å². The Morgan fingerprint density at radius 2 is 1.95 bits per heavy atom. The number of carbonyl (C=O) groups excluding carboxylic acids is 1. The van der Waals surface area contributed by atoms with Gasteiger partial charge in [0, 0.05) is 13.0 Å². The van der Waals surface area contributed by atoms with Crippen molar-refractivity contribution >= 4 is 5.91 Å². The normalized spacial score (nSPS) is 15.0. The molecule has 6 heteroatoms. The zero-order valence-electron chi connectivity index (χ0n) is 12.4. The van der Waals surface area contributed by atoms with Gasteiger partial charge in [-0.1, -0.05) is 6.07 Å². The summed E-state index contributed by atoms with van der Waals surface area (Å²) >= 11 is 0. The van der Waals surface area contributed by atoms with Crippen LogP contribution in [0.4, 0.5) is 0 Å². The molecule has 1 fully saturated rings. The van der Waals surface area contributed by atoms with Crippen LogP contribution in [0.1, 0.15) is 12.0 Å². The Labute approximate surface area is 124 Å². The molecule has 1 aromatic rings. The Morgan fingerprint density at radius 3 is 2.62 bits per heavy atom. The monoisotopic (exact) mass is 295 g/mol. The largest absolute Gasteiger partial charge is 0.493 e. The Kier molecular flexibility index (Phi) is 5.83. The Hall–Kier alpha value is -1.79. The molecule has 0 radical (unpaired) electrons. The highest BCUT2D eigenvalue weighted by Crippen LogP contribution is 2.27. The van der Waals surface area contributed by atoms with E-state index >= 15 is 0 Å². The molecule has 1 amide bonds. The molecule has 1 aliphatic heterocycles. The van der Waals surface area contributed by atoms with Crippen LogP contribution in [-0.2, 0) is 20.7 Å². The van der Waals surface area contributed by atoms with Crippen LogP contribution < -0.4 is 14.8 Å². The number of hydrogen-bond acceptors (Lipinski definition) is 5. The topological polar surface area (TPSA) is 66.0 Å². The first-order valence-electron chi connectivity index (χ1n) is 6.93. The minimum absolute atomic E-state index is 0.0415. The van der Waals surface area contributed by atoms with E-state index in [-0.39, 0.29) is 12.2 Å². The van der Waals surface area contributed by atoms with Crippen LogP contribution in [0.25, 0.3) is 0 Å². The van der Waals surface area contributed by atoms with Crippen molar-refractivity contribution in [3.63, 3.8) is 0 Å². The van der Waals surface area contributed by atoms with Gasteiger partial charge in [-0.2, -0.15) is 0 Å². The molecule has 0 unspecified atom stereocenters. The van der Waals surface area contributed by atoms with Crippen molar-refractivity contribution in [2.75, 3.05) is 34.0 Å². The summed E-state index contributed by atoms with van der Waals surface area (Å²) in [4.78, 5) is 11.9. The van der Waals surface area contributed by atoms with Crippen molar-refractivity contribution < 1.29 is 23.7 Å². The van der Waals surface area contributed by atoms with Crippen molar-refractivity contribution in [3.8, 4) is 11.5 Å². The summed E-state index contributed by atoms with van der Waals surface area (Å²) < 4.78 is 21.0. The fourth-order valence-corrected chi connectivity index (χ4v) is 2.14. The maximum absolute atomic E-state index is 11.9. The molecule has 21 heavy (non-hydrogen) atoms. The highest BCUT2D eigenvalue weighted by Gasteiger charge is 2.15. The third kappa shape index (κ3) is 4.61. The molecule has 1 saturated heterocycles. The molecule has 0 aliphatic carbocycles. The number of benzene rings is 1. The molecule has 1 aliphatic rings. The van der Waals surface area contributed by atoms with Crippen LogP contribution in [0.3, 0.4) is 0 Å². The quantitative estimate of drug-likeness (QED) is 0.816. The molecular weight excluding hydrogens is 274 g/mol. The number of amides is 1. The summed E-state index contributed by atoms with van der Waals surface area (Å²) in [6.45, 7) is 1.80. The summed E-state index contributed by atoms with van der Waals surface area (Å²) in [6, 6.07) is 5.45. The Balaban J connectivity index is 1.78. The second kappa shape index (κ2) is 7.85. The van der Waals surface area contributed by atoms with Gasteiger partial charge in [-0.25, -0.2) is 0 Å². The van der Waals surface area contributed by atoms with Gasteiger partial charge < -0.3 is 24.3 Å². The van der Waals surface area contributed by atoms with Crippen molar-refractivity contribution in [3.05, 3.63) is 23.8 Å². The number of methoxy groups -OCH3 is 2. The molecule has 116 valence electrons. The SMILES string of the molecule is COc1ccc(CC(=O)NCCC2OCCO2)cc1OC. The third-order valence-corrected chi connectivity index (χ3v) is 3.21. The molecule has 0 saturated carbocycles.